The molecule has 1 amide bonds. The van der Waals surface area contributed by atoms with Gasteiger partial charge in [0.25, 0.3) is 0 Å². The lowest BCUT2D eigenvalue weighted by Crippen LogP contribution is -2.37. The predicted molar refractivity (Wildman–Crippen MR) is 109 cm³/mol. The SMILES string of the molecule is CN(C)CCc1ccc(NC(=O)C2(c3ccc(Cl)cc3)CCCC2)cc1. The lowest BCUT2D eigenvalue weighted by molar-refractivity contribution is -0.121. The van der Waals surface area contributed by atoms with Crippen LogP contribution in [-0.2, 0) is 16.6 Å². The van der Waals surface area contributed by atoms with Crippen molar-refractivity contribution in [2.45, 2.75) is 37.5 Å². The number of amides is 1. The van der Waals surface area contributed by atoms with E-state index in [0.717, 1.165) is 49.9 Å². The predicted octanol–water partition coefficient (Wildman–Crippen LogP) is 4.89. The van der Waals surface area contributed by atoms with Crippen LogP contribution in [0.5, 0.6) is 0 Å². The first-order valence-electron chi connectivity index (χ1n) is 9.31. The van der Waals surface area contributed by atoms with Crippen LogP contribution in [0.3, 0.4) is 0 Å². The highest BCUT2D eigenvalue weighted by Crippen LogP contribution is 2.42. The van der Waals surface area contributed by atoms with E-state index in [2.05, 4.69) is 36.4 Å². The summed E-state index contributed by atoms with van der Waals surface area (Å²) >= 11 is 6.03. The van der Waals surface area contributed by atoms with Crippen molar-refractivity contribution in [1.82, 2.24) is 4.90 Å². The average Bonchev–Trinajstić information content (AvgIpc) is 3.13. The fourth-order valence-corrected chi connectivity index (χ4v) is 3.88. The minimum absolute atomic E-state index is 0.0957. The van der Waals surface area contributed by atoms with Crippen molar-refractivity contribution >= 4 is 23.2 Å². The fourth-order valence-electron chi connectivity index (χ4n) is 3.75. The first kappa shape index (κ1) is 18.9. The van der Waals surface area contributed by atoms with Crippen LogP contribution < -0.4 is 5.32 Å². The number of anilines is 1. The van der Waals surface area contributed by atoms with E-state index in [1.807, 2.05) is 36.4 Å². The molecule has 1 aliphatic carbocycles. The monoisotopic (exact) mass is 370 g/mol. The molecular formula is C22H27ClN2O. The van der Waals surface area contributed by atoms with Crippen LogP contribution in [0.2, 0.25) is 5.02 Å². The zero-order valence-corrected chi connectivity index (χ0v) is 16.4. The van der Waals surface area contributed by atoms with Gasteiger partial charge in [-0.2, -0.15) is 0 Å². The molecule has 0 unspecified atom stereocenters. The molecule has 0 bridgehead atoms. The van der Waals surface area contributed by atoms with E-state index in [1.165, 1.54) is 5.56 Å². The Bertz CT molecular complexity index is 732. The Labute approximate surface area is 161 Å². The fraction of sp³-hybridized carbons (Fsp3) is 0.409. The van der Waals surface area contributed by atoms with Crippen LogP contribution >= 0.6 is 11.6 Å². The molecule has 3 nitrogen and oxygen atoms in total. The summed E-state index contributed by atoms with van der Waals surface area (Å²) in [7, 11) is 4.15. The maximum absolute atomic E-state index is 13.2. The summed E-state index contributed by atoms with van der Waals surface area (Å²) in [6, 6.07) is 16.0. The molecule has 1 aliphatic rings. The molecule has 1 N–H and O–H groups in total. The third kappa shape index (κ3) is 4.28. The number of benzene rings is 2. The van der Waals surface area contributed by atoms with Crippen LogP contribution in [0.15, 0.2) is 48.5 Å². The van der Waals surface area contributed by atoms with Gasteiger partial charge in [-0.05, 0) is 68.8 Å². The van der Waals surface area contributed by atoms with Gasteiger partial charge in [-0.15, -0.1) is 0 Å². The molecule has 2 aromatic carbocycles. The summed E-state index contributed by atoms with van der Waals surface area (Å²) in [5.41, 5.74) is 2.78. The van der Waals surface area contributed by atoms with Crippen LogP contribution in [0.4, 0.5) is 5.69 Å². The molecule has 0 radical (unpaired) electrons. The number of halogens is 1. The van der Waals surface area contributed by atoms with E-state index < -0.39 is 5.41 Å². The topological polar surface area (TPSA) is 32.3 Å². The number of likely N-dealkylation sites (N-methyl/N-ethyl adjacent to an activating group) is 1. The third-order valence-electron chi connectivity index (χ3n) is 5.35. The van der Waals surface area contributed by atoms with Crippen LogP contribution in [-0.4, -0.2) is 31.4 Å². The first-order valence-corrected chi connectivity index (χ1v) is 9.69. The van der Waals surface area contributed by atoms with Gasteiger partial charge in [-0.3, -0.25) is 4.79 Å². The molecule has 0 aliphatic heterocycles. The van der Waals surface area contributed by atoms with E-state index in [4.69, 9.17) is 11.6 Å². The Kier molecular flexibility index (Phi) is 6.00. The molecule has 1 saturated carbocycles. The normalized spacial score (nSPS) is 16.0. The van der Waals surface area contributed by atoms with Crippen LogP contribution in [0.25, 0.3) is 0 Å². The van der Waals surface area contributed by atoms with E-state index in [9.17, 15) is 4.79 Å². The van der Waals surface area contributed by atoms with Crippen molar-refractivity contribution in [2.75, 3.05) is 26.0 Å². The smallest absolute Gasteiger partial charge is 0.235 e. The molecule has 0 aromatic heterocycles. The van der Waals surface area contributed by atoms with Crippen molar-refractivity contribution in [3.05, 3.63) is 64.7 Å². The minimum Gasteiger partial charge on any atom is -0.325 e. The van der Waals surface area contributed by atoms with Gasteiger partial charge in [0, 0.05) is 17.3 Å². The second-order valence-corrected chi connectivity index (χ2v) is 7.94. The van der Waals surface area contributed by atoms with Gasteiger partial charge in [-0.1, -0.05) is 48.7 Å². The van der Waals surface area contributed by atoms with Gasteiger partial charge in [0.15, 0.2) is 0 Å². The quantitative estimate of drug-likeness (QED) is 0.784. The van der Waals surface area contributed by atoms with Gasteiger partial charge in [0.05, 0.1) is 5.41 Å². The summed E-state index contributed by atoms with van der Waals surface area (Å²) < 4.78 is 0. The van der Waals surface area contributed by atoms with Gasteiger partial charge in [0.2, 0.25) is 5.91 Å². The number of hydrogen-bond donors (Lipinski definition) is 1. The highest BCUT2D eigenvalue weighted by molar-refractivity contribution is 6.30. The van der Waals surface area contributed by atoms with Crippen LogP contribution in [0.1, 0.15) is 36.8 Å². The second-order valence-electron chi connectivity index (χ2n) is 7.50. The number of nitrogens with one attached hydrogen (secondary N) is 1. The number of carbonyl (C=O) groups excluding carboxylic acids is 1. The van der Waals surface area contributed by atoms with E-state index in [1.54, 1.807) is 0 Å². The Morgan fingerprint density at radius 2 is 1.65 bits per heavy atom. The lowest BCUT2D eigenvalue weighted by Gasteiger charge is -2.28. The summed E-state index contributed by atoms with van der Waals surface area (Å²) in [6.45, 7) is 1.02. The molecular weight excluding hydrogens is 344 g/mol. The maximum Gasteiger partial charge on any atom is 0.235 e. The number of rotatable bonds is 6. The van der Waals surface area contributed by atoms with Crippen molar-refractivity contribution in [3.8, 4) is 0 Å². The lowest BCUT2D eigenvalue weighted by atomic mass is 9.78. The molecule has 0 atom stereocenters. The van der Waals surface area contributed by atoms with Gasteiger partial charge in [-0.25, -0.2) is 0 Å². The summed E-state index contributed by atoms with van der Waals surface area (Å²) in [5.74, 6) is 0.0957. The summed E-state index contributed by atoms with van der Waals surface area (Å²) in [5, 5.41) is 3.85. The Hall–Kier alpha value is -1.84. The maximum atomic E-state index is 13.2. The van der Waals surface area contributed by atoms with E-state index in [0.29, 0.717) is 5.02 Å². The number of nitrogens with zero attached hydrogens (tertiary/aromatic N) is 1. The van der Waals surface area contributed by atoms with E-state index in [-0.39, 0.29) is 5.91 Å². The minimum atomic E-state index is -0.436. The van der Waals surface area contributed by atoms with Gasteiger partial charge in [0.1, 0.15) is 0 Å². The highest BCUT2D eigenvalue weighted by atomic mass is 35.5. The molecule has 0 heterocycles. The Morgan fingerprint density at radius 1 is 1.04 bits per heavy atom. The molecule has 3 rings (SSSR count). The molecule has 26 heavy (non-hydrogen) atoms. The van der Waals surface area contributed by atoms with Crippen LogP contribution in [0, 0.1) is 0 Å². The second kappa shape index (κ2) is 8.24. The highest BCUT2D eigenvalue weighted by Gasteiger charge is 2.42. The zero-order chi connectivity index (χ0) is 18.6. The molecule has 2 aromatic rings. The molecule has 1 fully saturated rings. The Morgan fingerprint density at radius 3 is 2.23 bits per heavy atom. The van der Waals surface area contributed by atoms with Crippen molar-refractivity contribution in [1.29, 1.82) is 0 Å². The molecule has 0 saturated heterocycles. The average molecular weight is 371 g/mol. The summed E-state index contributed by atoms with van der Waals surface area (Å²) in [4.78, 5) is 15.3. The zero-order valence-electron chi connectivity index (χ0n) is 15.6. The first-order chi connectivity index (χ1) is 12.5. The largest absolute Gasteiger partial charge is 0.325 e. The van der Waals surface area contributed by atoms with Gasteiger partial charge < -0.3 is 10.2 Å². The van der Waals surface area contributed by atoms with Crippen molar-refractivity contribution in [3.63, 3.8) is 0 Å². The van der Waals surface area contributed by atoms with Crippen molar-refractivity contribution < 1.29 is 4.79 Å². The number of hydrogen-bond acceptors (Lipinski definition) is 2. The standard InChI is InChI=1S/C22H27ClN2O/c1-25(2)16-13-17-5-11-20(12-6-17)24-21(26)22(14-3-4-15-22)18-7-9-19(23)10-8-18/h5-12H,3-4,13-16H2,1-2H3,(H,24,26). The summed E-state index contributed by atoms with van der Waals surface area (Å²) in [6.07, 6.45) is 4.96. The Balaban J connectivity index is 1.73. The third-order valence-corrected chi connectivity index (χ3v) is 5.60. The number of carbonyl (C=O) groups is 1. The van der Waals surface area contributed by atoms with E-state index >= 15 is 0 Å². The van der Waals surface area contributed by atoms with Crippen molar-refractivity contribution in [2.24, 2.45) is 0 Å². The molecule has 138 valence electrons. The molecule has 0 spiro atoms. The van der Waals surface area contributed by atoms with Gasteiger partial charge >= 0.3 is 0 Å². The molecule has 4 heteroatoms.